The van der Waals surface area contributed by atoms with Crippen molar-refractivity contribution in [3.8, 4) is 0 Å². The SMILES string of the molecule is Cc1ccc([N+](=O)[O-])c(C(=O)Nc2nccnc2Cl)c1. The van der Waals surface area contributed by atoms with E-state index >= 15 is 0 Å². The molecule has 8 heteroatoms. The topological polar surface area (TPSA) is 98.0 Å². The van der Waals surface area contributed by atoms with Crippen LogP contribution in [0.25, 0.3) is 0 Å². The van der Waals surface area contributed by atoms with Crippen LogP contribution in [0, 0.1) is 17.0 Å². The van der Waals surface area contributed by atoms with E-state index in [1.807, 2.05) is 0 Å². The van der Waals surface area contributed by atoms with Crippen LogP contribution in [0.3, 0.4) is 0 Å². The highest BCUT2D eigenvalue weighted by molar-refractivity contribution is 6.32. The number of halogens is 1. The molecule has 0 saturated heterocycles. The smallest absolute Gasteiger partial charge is 0.282 e. The van der Waals surface area contributed by atoms with Crippen LogP contribution in [0.4, 0.5) is 11.5 Å². The summed E-state index contributed by atoms with van der Waals surface area (Å²) >= 11 is 5.77. The lowest BCUT2D eigenvalue weighted by molar-refractivity contribution is -0.385. The summed E-state index contributed by atoms with van der Waals surface area (Å²) in [5.41, 5.74) is 0.385. The van der Waals surface area contributed by atoms with Gasteiger partial charge < -0.3 is 5.32 Å². The van der Waals surface area contributed by atoms with E-state index in [1.165, 1.54) is 24.5 Å². The molecule has 2 rings (SSSR count). The number of carbonyl (C=O) groups is 1. The van der Waals surface area contributed by atoms with Crippen molar-refractivity contribution < 1.29 is 9.72 Å². The number of nitro groups is 1. The van der Waals surface area contributed by atoms with E-state index in [9.17, 15) is 14.9 Å². The van der Waals surface area contributed by atoms with Gasteiger partial charge in [0, 0.05) is 18.5 Å². The summed E-state index contributed by atoms with van der Waals surface area (Å²) in [6.07, 6.45) is 2.72. The zero-order chi connectivity index (χ0) is 14.7. The first-order valence-corrected chi connectivity index (χ1v) is 5.89. The Morgan fingerprint density at radius 1 is 1.35 bits per heavy atom. The van der Waals surface area contributed by atoms with Crippen LogP contribution in [-0.4, -0.2) is 20.8 Å². The normalized spacial score (nSPS) is 10.1. The number of aryl methyl sites for hydroxylation is 1. The first-order chi connectivity index (χ1) is 9.49. The fraction of sp³-hybridized carbons (Fsp3) is 0.0833. The average molecular weight is 293 g/mol. The Hall–Kier alpha value is -2.54. The molecule has 0 aliphatic carbocycles. The molecule has 0 aliphatic rings. The fourth-order valence-electron chi connectivity index (χ4n) is 1.57. The van der Waals surface area contributed by atoms with Crippen molar-refractivity contribution in [2.24, 2.45) is 0 Å². The van der Waals surface area contributed by atoms with Crippen LogP contribution in [0.15, 0.2) is 30.6 Å². The Morgan fingerprint density at radius 3 is 2.70 bits per heavy atom. The third-order valence-electron chi connectivity index (χ3n) is 2.48. The summed E-state index contributed by atoms with van der Waals surface area (Å²) in [5.74, 6) is -0.613. The summed E-state index contributed by atoms with van der Waals surface area (Å²) in [6.45, 7) is 1.73. The van der Waals surface area contributed by atoms with Crippen LogP contribution >= 0.6 is 11.6 Å². The number of amides is 1. The molecule has 0 radical (unpaired) electrons. The highest BCUT2D eigenvalue weighted by Gasteiger charge is 2.21. The number of nitrogens with zero attached hydrogens (tertiary/aromatic N) is 3. The van der Waals surface area contributed by atoms with Gasteiger partial charge in [-0.3, -0.25) is 14.9 Å². The molecule has 0 atom stereocenters. The number of nitro benzene ring substituents is 1. The van der Waals surface area contributed by atoms with Gasteiger partial charge in [0.25, 0.3) is 11.6 Å². The lowest BCUT2D eigenvalue weighted by Crippen LogP contribution is -2.15. The Morgan fingerprint density at radius 2 is 2.05 bits per heavy atom. The Kier molecular flexibility index (Phi) is 3.90. The summed E-state index contributed by atoms with van der Waals surface area (Å²) in [6, 6.07) is 4.27. The summed E-state index contributed by atoms with van der Waals surface area (Å²) in [4.78, 5) is 30.0. The van der Waals surface area contributed by atoms with Crippen LogP contribution in [0.2, 0.25) is 5.15 Å². The third-order valence-corrected chi connectivity index (χ3v) is 2.76. The van der Waals surface area contributed by atoms with Crippen LogP contribution in [0.5, 0.6) is 0 Å². The van der Waals surface area contributed by atoms with Gasteiger partial charge in [-0.2, -0.15) is 0 Å². The third kappa shape index (κ3) is 2.89. The second-order valence-electron chi connectivity index (χ2n) is 3.93. The van der Waals surface area contributed by atoms with Gasteiger partial charge in [0.05, 0.1) is 4.92 Å². The lowest BCUT2D eigenvalue weighted by atomic mass is 10.1. The van der Waals surface area contributed by atoms with E-state index in [2.05, 4.69) is 15.3 Å². The van der Waals surface area contributed by atoms with E-state index < -0.39 is 10.8 Å². The first kappa shape index (κ1) is 13.9. The number of aromatic nitrogens is 2. The minimum atomic E-state index is -0.664. The van der Waals surface area contributed by atoms with Crippen molar-refractivity contribution >= 4 is 29.0 Å². The standard InChI is InChI=1S/C12H9ClN4O3/c1-7-2-3-9(17(19)20)8(6-7)12(18)16-11-10(13)14-4-5-15-11/h2-6H,1H3,(H,15,16,18). The zero-order valence-corrected chi connectivity index (χ0v) is 11.1. The highest BCUT2D eigenvalue weighted by Crippen LogP contribution is 2.22. The lowest BCUT2D eigenvalue weighted by Gasteiger charge is -2.06. The Labute approximate surface area is 118 Å². The second kappa shape index (κ2) is 5.62. The minimum absolute atomic E-state index is 0.0103. The van der Waals surface area contributed by atoms with Crippen LogP contribution < -0.4 is 5.32 Å². The molecule has 0 bridgehead atoms. The van der Waals surface area contributed by atoms with E-state index in [0.29, 0.717) is 0 Å². The van der Waals surface area contributed by atoms with Crippen molar-refractivity contribution in [2.75, 3.05) is 5.32 Å². The average Bonchev–Trinajstić information content (AvgIpc) is 2.40. The van der Waals surface area contributed by atoms with Gasteiger partial charge in [-0.25, -0.2) is 9.97 Å². The molecular weight excluding hydrogens is 284 g/mol. The molecule has 1 aromatic heterocycles. The Balaban J connectivity index is 2.37. The van der Waals surface area contributed by atoms with Crippen molar-refractivity contribution in [1.29, 1.82) is 0 Å². The number of hydrogen-bond donors (Lipinski definition) is 1. The maximum absolute atomic E-state index is 12.1. The van der Waals surface area contributed by atoms with Gasteiger partial charge in [0.15, 0.2) is 11.0 Å². The molecule has 7 nitrogen and oxygen atoms in total. The molecule has 0 saturated carbocycles. The van der Waals surface area contributed by atoms with Gasteiger partial charge in [-0.1, -0.05) is 17.7 Å². The summed E-state index contributed by atoms with van der Waals surface area (Å²) < 4.78 is 0. The van der Waals surface area contributed by atoms with Crippen molar-refractivity contribution in [1.82, 2.24) is 9.97 Å². The Bertz CT molecular complexity index is 690. The van der Waals surface area contributed by atoms with Gasteiger partial charge in [0.2, 0.25) is 0 Å². The maximum Gasteiger partial charge on any atom is 0.282 e. The van der Waals surface area contributed by atoms with Gasteiger partial charge in [-0.05, 0) is 18.6 Å². The molecule has 1 amide bonds. The van der Waals surface area contributed by atoms with Crippen LogP contribution in [0.1, 0.15) is 15.9 Å². The zero-order valence-electron chi connectivity index (χ0n) is 10.3. The largest absolute Gasteiger partial charge is 0.304 e. The molecule has 0 aliphatic heterocycles. The molecule has 0 spiro atoms. The molecule has 102 valence electrons. The van der Waals surface area contributed by atoms with E-state index in [4.69, 9.17) is 11.6 Å². The molecular formula is C12H9ClN4O3. The molecule has 1 aromatic carbocycles. The van der Waals surface area contributed by atoms with Gasteiger partial charge >= 0.3 is 0 Å². The van der Waals surface area contributed by atoms with E-state index in [1.54, 1.807) is 13.0 Å². The molecule has 0 fully saturated rings. The second-order valence-corrected chi connectivity index (χ2v) is 4.29. The first-order valence-electron chi connectivity index (χ1n) is 5.52. The number of anilines is 1. The molecule has 20 heavy (non-hydrogen) atoms. The quantitative estimate of drug-likeness (QED) is 0.692. The monoisotopic (exact) mass is 292 g/mol. The number of carbonyl (C=O) groups excluding carboxylic acids is 1. The van der Waals surface area contributed by atoms with Crippen molar-refractivity contribution in [3.63, 3.8) is 0 Å². The molecule has 1 heterocycles. The molecule has 0 unspecified atom stereocenters. The predicted molar refractivity (Wildman–Crippen MR) is 72.8 cm³/mol. The number of benzene rings is 1. The summed E-state index contributed by atoms with van der Waals surface area (Å²) in [7, 11) is 0. The van der Waals surface area contributed by atoms with Crippen molar-refractivity contribution in [3.05, 3.63) is 57.0 Å². The van der Waals surface area contributed by atoms with Gasteiger partial charge in [-0.15, -0.1) is 0 Å². The summed E-state index contributed by atoms with van der Waals surface area (Å²) in [5, 5.41) is 13.3. The van der Waals surface area contributed by atoms with E-state index in [-0.39, 0.29) is 22.2 Å². The fourth-order valence-corrected chi connectivity index (χ4v) is 1.72. The van der Waals surface area contributed by atoms with E-state index in [0.717, 1.165) is 5.56 Å². The highest BCUT2D eigenvalue weighted by atomic mass is 35.5. The van der Waals surface area contributed by atoms with Crippen molar-refractivity contribution in [2.45, 2.75) is 6.92 Å². The molecule has 1 N–H and O–H groups in total. The van der Waals surface area contributed by atoms with Gasteiger partial charge in [0.1, 0.15) is 5.56 Å². The number of rotatable bonds is 3. The minimum Gasteiger partial charge on any atom is -0.304 e. The predicted octanol–water partition coefficient (Wildman–Crippen LogP) is 2.60. The van der Waals surface area contributed by atoms with Crippen LogP contribution in [-0.2, 0) is 0 Å². The maximum atomic E-state index is 12.1. The number of hydrogen-bond acceptors (Lipinski definition) is 5. The number of nitrogens with one attached hydrogen (secondary N) is 1. The molecule has 2 aromatic rings.